The monoisotopic (exact) mass is 792 g/mol. The molecule has 0 heterocycles. The van der Waals surface area contributed by atoms with Crippen molar-refractivity contribution in [2.45, 2.75) is 53.4 Å². The second-order valence-corrected chi connectivity index (χ2v) is 15.6. The maximum absolute atomic E-state index is 12.4. The predicted molar refractivity (Wildman–Crippen MR) is 181 cm³/mol. The number of carbonyl (C=O) groups excluding carboxylic acids is 2. The minimum Gasteiger partial charge on any atom is -0.508 e. The van der Waals surface area contributed by atoms with Crippen LogP contribution < -0.4 is 4.74 Å². The molecule has 238 valence electrons. The number of nitrogens with zero attached hydrogens (tertiary/aromatic N) is 2. The fraction of sp³-hybridized carbons (Fsp3) is 0.448. The quantitative estimate of drug-likeness (QED) is 0.181. The summed E-state index contributed by atoms with van der Waals surface area (Å²) < 4.78 is 5.33. The Labute approximate surface area is 278 Å². The number of halogens is 3. The second-order valence-electron chi connectivity index (χ2n) is 9.16. The van der Waals surface area contributed by atoms with E-state index in [0.717, 1.165) is 31.7 Å². The lowest BCUT2D eigenvalue weighted by Gasteiger charge is -2.22. The Kier molecular flexibility index (Phi) is 20.7. The molecule has 0 bridgehead atoms. The van der Waals surface area contributed by atoms with Crippen LogP contribution in [0.15, 0.2) is 36.4 Å². The first-order valence-electron chi connectivity index (χ1n) is 13.8. The average Bonchev–Trinajstić information content (AvgIpc) is 2.95. The number of benzene rings is 2. The van der Waals surface area contributed by atoms with Crippen LogP contribution in [0, 0.1) is 0 Å². The van der Waals surface area contributed by atoms with Crippen LogP contribution in [0.1, 0.15) is 94.8 Å². The Morgan fingerprint density at radius 3 is 1.28 bits per heavy atom. The molecule has 2 rings (SSSR count). The smallest absolute Gasteiger partial charge is 0.369 e. The number of ether oxygens (including phenoxy) is 1. The Hall–Kier alpha value is -2.58. The number of aromatic carboxylic acids is 2. The van der Waals surface area contributed by atoms with E-state index in [2.05, 4.69) is 47.3 Å². The highest BCUT2D eigenvalue weighted by Gasteiger charge is 2.19. The lowest BCUT2D eigenvalue weighted by molar-refractivity contribution is 0.0684. The zero-order valence-corrected chi connectivity index (χ0v) is 29.9. The number of carboxylic acids is 2. The van der Waals surface area contributed by atoms with E-state index in [0.29, 0.717) is 37.5 Å². The van der Waals surface area contributed by atoms with Gasteiger partial charge in [0.2, 0.25) is 0 Å². The molecular formula is C29H40BBr3N2O8. The van der Waals surface area contributed by atoms with Crippen LogP contribution >= 0.6 is 47.3 Å². The summed E-state index contributed by atoms with van der Waals surface area (Å²) in [5.41, 5.74) is 0.528. The van der Waals surface area contributed by atoms with Crippen molar-refractivity contribution in [3.05, 3.63) is 58.7 Å². The molecule has 43 heavy (non-hydrogen) atoms. The molecule has 0 saturated carbocycles. The minimum absolute atomic E-state index is 0.0562. The molecule has 0 aliphatic rings. The van der Waals surface area contributed by atoms with Crippen molar-refractivity contribution in [2.24, 2.45) is 0 Å². The Bertz CT molecular complexity index is 1190. The first kappa shape index (κ1) is 40.4. The number of carbonyl (C=O) groups is 4. The molecule has 2 aromatic rings. The summed E-state index contributed by atoms with van der Waals surface area (Å²) in [6, 6.07) is 8.10. The highest BCUT2D eigenvalue weighted by molar-refractivity contribution is 9.69. The van der Waals surface area contributed by atoms with Gasteiger partial charge in [0.05, 0.1) is 18.2 Å². The number of methoxy groups -OCH3 is 1. The van der Waals surface area contributed by atoms with E-state index < -0.39 is 11.9 Å². The van der Waals surface area contributed by atoms with Gasteiger partial charge in [-0.1, -0.05) is 27.7 Å². The van der Waals surface area contributed by atoms with E-state index in [-0.39, 0.29) is 37.4 Å². The van der Waals surface area contributed by atoms with E-state index >= 15 is 0 Å². The van der Waals surface area contributed by atoms with Gasteiger partial charge in [0, 0.05) is 37.3 Å². The Morgan fingerprint density at radius 2 is 0.953 bits per heavy atom. The topological polar surface area (TPSA) is 145 Å². The zero-order valence-electron chi connectivity index (χ0n) is 25.1. The van der Waals surface area contributed by atoms with Gasteiger partial charge >= 0.3 is 15.1 Å². The molecule has 0 saturated heterocycles. The molecule has 0 atom stereocenters. The fourth-order valence-electron chi connectivity index (χ4n) is 3.90. The van der Waals surface area contributed by atoms with Gasteiger partial charge in [-0.2, -0.15) is 0 Å². The van der Waals surface area contributed by atoms with Crippen molar-refractivity contribution < 1.29 is 39.2 Å². The normalized spacial score (nSPS) is 9.86. The molecule has 3 N–H and O–H groups in total. The molecule has 0 spiro atoms. The first-order valence-corrected chi connectivity index (χ1v) is 16.5. The zero-order chi connectivity index (χ0) is 33.1. The second kappa shape index (κ2) is 22.0. The van der Waals surface area contributed by atoms with E-state index in [9.17, 15) is 24.3 Å². The number of phenols is 1. The average molecular weight is 795 g/mol. The van der Waals surface area contributed by atoms with Crippen LogP contribution in [0.25, 0.3) is 0 Å². The van der Waals surface area contributed by atoms with Crippen LogP contribution in [0.2, 0.25) is 0 Å². The fourth-order valence-corrected chi connectivity index (χ4v) is 3.90. The third-order valence-electron chi connectivity index (χ3n) is 5.60. The summed E-state index contributed by atoms with van der Waals surface area (Å²) in [6.45, 7) is 10.5. The summed E-state index contributed by atoms with van der Waals surface area (Å²) >= 11 is 9.31. The lowest BCUT2D eigenvalue weighted by atomic mass is 10.1. The van der Waals surface area contributed by atoms with Crippen molar-refractivity contribution in [1.82, 2.24) is 9.80 Å². The summed E-state index contributed by atoms with van der Waals surface area (Å²) in [4.78, 5) is 50.1. The van der Waals surface area contributed by atoms with Gasteiger partial charge in [-0.15, -0.1) is 47.3 Å². The number of carboxylic acid groups (broad SMARTS) is 2. The van der Waals surface area contributed by atoms with Crippen LogP contribution in [0.4, 0.5) is 0 Å². The number of aromatic hydroxyl groups is 1. The van der Waals surface area contributed by atoms with Gasteiger partial charge in [-0.05, 0) is 62.1 Å². The number of amides is 2. The van der Waals surface area contributed by atoms with E-state index in [1.807, 2.05) is 27.7 Å². The summed E-state index contributed by atoms with van der Waals surface area (Å²) in [7, 11) is 1.45. The van der Waals surface area contributed by atoms with Gasteiger partial charge in [-0.3, -0.25) is 9.59 Å². The molecule has 2 amide bonds. The molecule has 0 radical (unpaired) electrons. The largest absolute Gasteiger partial charge is 0.508 e. The van der Waals surface area contributed by atoms with Crippen LogP contribution in [-0.4, -0.2) is 85.3 Å². The Morgan fingerprint density at radius 1 is 0.651 bits per heavy atom. The summed E-state index contributed by atoms with van der Waals surface area (Å²) in [5.74, 6) is -2.48. The van der Waals surface area contributed by atoms with E-state index in [1.165, 1.54) is 31.4 Å². The highest BCUT2D eigenvalue weighted by atomic mass is 79.9. The molecule has 0 aliphatic heterocycles. The predicted octanol–water partition coefficient (Wildman–Crippen LogP) is 7.16. The molecular weight excluding hydrogens is 755 g/mol. The molecule has 2 aromatic carbocycles. The number of phenolic OH excluding ortho intramolecular Hbond substituents is 1. The summed E-state index contributed by atoms with van der Waals surface area (Å²) in [6.07, 6.45) is 3.38. The van der Waals surface area contributed by atoms with Crippen molar-refractivity contribution in [1.29, 1.82) is 0 Å². The molecule has 0 aliphatic carbocycles. The summed E-state index contributed by atoms with van der Waals surface area (Å²) in [5, 5.41) is 27.5. The molecule has 0 unspecified atom stereocenters. The first-order chi connectivity index (χ1) is 20.2. The van der Waals surface area contributed by atoms with Gasteiger partial charge in [0.25, 0.3) is 11.8 Å². The third kappa shape index (κ3) is 15.6. The van der Waals surface area contributed by atoms with Gasteiger partial charge in [-0.25, -0.2) is 9.59 Å². The Balaban J connectivity index is 0.000000730. The lowest BCUT2D eigenvalue weighted by Crippen LogP contribution is -2.32. The SMILES string of the molecule is BrB(Br)Br.CCCN(CCC)C(=O)c1cc(O)cc(C(=O)O)c1.CCCN(CCC)C(=O)c1cc(OC)cc(C(=O)O)c1. The van der Waals surface area contributed by atoms with Gasteiger partial charge in [0.15, 0.2) is 0 Å². The van der Waals surface area contributed by atoms with Crippen molar-refractivity contribution in [2.75, 3.05) is 33.3 Å². The molecule has 0 aromatic heterocycles. The van der Waals surface area contributed by atoms with Crippen molar-refractivity contribution in [3.63, 3.8) is 0 Å². The number of hydrogen-bond donors (Lipinski definition) is 3. The maximum atomic E-state index is 12.4. The van der Waals surface area contributed by atoms with Crippen LogP contribution in [0.5, 0.6) is 11.5 Å². The van der Waals surface area contributed by atoms with Gasteiger partial charge < -0.3 is 29.9 Å². The number of rotatable bonds is 13. The molecule has 0 fully saturated rings. The molecule has 10 nitrogen and oxygen atoms in total. The minimum atomic E-state index is -1.16. The highest BCUT2D eigenvalue weighted by Crippen LogP contribution is 2.20. The van der Waals surface area contributed by atoms with Gasteiger partial charge in [0.1, 0.15) is 11.5 Å². The van der Waals surface area contributed by atoms with E-state index in [4.69, 9.17) is 14.9 Å². The van der Waals surface area contributed by atoms with Crippen molar-refractivity contribution in [3.8, 4) is 11.5 Å². The van der Waals surface area contributed by atoms with E-state index in [1.54, 1.807) is 15.9 Å². The maximum Gasteiger partial charge on any atom is 0.369 e. The molecule has 14 heteroatoms. The standard InChI is InChI=1S/C15H21NO4.C14H19NO4.BBr3/c1-4-6-16(7-5-2)14(17)11-8-12(15(18)19)10-13(9-11)20-3;1-3-5-15(6-4-2)13(17)10-7-11(14(18)19)9-12(16)8-10;2-1(3)4/h8-10H,4-7H2,1-3H3,(H,18,19);7-9,16H,3-6H2,1-2H3,(H,18,19);. The van der Waals surface area contributed by atoms with Crippen molar-refractivity contribution >= 4 is 74.2 Å². The van der Waals surface area contributed by atoms with Crippen LogP contribution in [-0.2, 0) is 0 Å². The number of hydrogen-bond acceptors (Lipinski definition) is 6. The van der Waals surface area contributed by atoms with Crippen LogP contribution in [0.3, 0.4) is 0 Å². The third-order valence-corrected chi connectivity index (χ3v) is 5.60.